The summed E-state index contributed by atoms with van der Waals surface area (Å²) in [6, 6.07) is 19.1. The van der Waals surface area contributed by atoms with Gasteiger partial charge in [-0.15, -0.1) is 0 Å². The fraction of sp³-hybridized carbons (Fsp3) is 0.556. The number of carbonyl (C=O) groups is 4. The van der Waals surface area contributed by atoms with Crippen LogP contribution in [-0.4, -0.2) is 61.2 Å². The van der Waals surface area contributed by atoms with Crippen molar-refractivity contribution in [2.24, 2.45) is 11.8 Å². The molecule has 280 valence electrons. The van der Waals surface area contributed by atoms with E-state index in [1.807, 2.05) is 64.1 Å². The predicted octanol–water partition coefficient (Wildman–Crippen LogP) is -3.28. The third kappa shape index (κ3) is 26.5. The van der Waals surface area contributed by atoms with Gasteiger partial charge in [0.05, 0.1) is 12.1 Å². The summed E-state index contributed by atoms with van der Waals surface area (Å²) in [7, 11) is -4.12. The van der Waals surface area contributed by atoms with Crippen molar-refractivity contribution in [3.8, 4) is 0 Å². The van der Waals surface area contributed by atoms with Crippen LogP contribution in [0.15, 0.2) is 60.7 Å². The molecule has 2 unspecified atom stereocenters. The van der Waals surface area contributed by atoms with Gasteiger partial charge in [0.2, 0.25) is 11.8 Å². The Morgan fingerprint density at radius 1 is 0.577 bits per heavy atom. The summed E-state index contributed by atoms with van der Waals surface area (Å²) < 4.78 is 24.5. The van der Waals surface area contributed by atoms with Crippen molar-refractivity contribution in [2.45, 2.75) is 91.1 Å². The second-order valence-corrected chi connectivity index (χ2v) is 16.1. The number of hydrogen-bond donors (Lipinski definition) is 4. The molecule has 0 heterocycles. The van der Waals surface area contributed by atoms with Gasteiger partial charge in [0.15, 0.2) is 0 Å². The summed E-state index contributed by atoms with van der Waals surface area (Å²) >= 11 is 0. The van der Waals surface area contributed by atoms with Crippen molar-refractivity contribution >= 4 is 39.7 Å². The van der Waals surface area contributed by atoms with E-state index in [-0.39, 0.29) is 109 Å². The van der Waals surface area contributed by atoms with Crippen LogP contribution in [0.3, 0.4) is 0 Å². The monoisotopic (exact) mass is 780 g/mol. The third-order valence-electron chi connectivity index (χ3n) is 7.71. The van der Waals surface area contributed by atoms with Crippen molar-refractivity contribution in [3.63, 3.8) is 0 Å². The minimum Gasteiger partial charge on any atom is -0.550 e. The van der Waals surface area contributed by atoms with E-state index in [0.29, 0.717) is 12.3 Å². The number of aryl methyl sites for hydroxylation is 2. The molecule has 0 aliphatic heterocycles. The number of nitrogens with one attached hydrogen (secondary N) is 4. The number of carbonyl (C=O) groups excluding carboxylic acids is 4. The molecule has 16 heteroatoms. The first-order chi connectivity index (χ1) is 23.8. The molecule has 4 N–H and O–H groups in total. The minimum atomic E-state index is -2.06. The first-order valence-corrected chi connectivity index (χ1v) is 20.6. The van der Waals surface area contributed by atoms with E-state index in [9.17, 15) is 38.5 Å². The van der Waals surface area contributed by atoms with Crippen molar-refractivity contribution < 1.29 is 97.6 Å². The maximum absolute atomic E-state index is 12.2. The van der Waals surface area contributed by atoms with E-state index in [2.05, 4.69) is 45.1 Å². The van der Waals surface area contributed by atoms with Crippen molar-refractivity contribution in [1.82, 2.24) is 20.8 Å². The molecular formula is C36H56N4Na2O8P2. The van der Waals surface area contributed by atoms with Gasteiger partial charge in [-0.3, -0.25) is 19.8 Å². The normalized spacial score (nSPS) is 12.9. The predicted molar refractivity (Wildman–Crippen MR) is 195 cm³/mol. The van der Waals surface area contributed by atoms with Gasteiger partial charge >= 0.3 is 59.1 Å². The Balaban J connectivity index is 0. The van der Waals surface area contributed by atoms with Crippen LogP contribution in [0.25, 0.3) is 0 Å². The van der Waals surface area contributed by atoms with E-state index < -0.39 is 39.9 Å². The maximum Gasteiger partial charge on any atom is 1.00 e. The number of benzene rings is 2. The fourth-order valence-electron chi connectivity index (χ4n) is 4.88. The van der Waals surface area contributed by atoms with Gasteiger partial charge in [-0.25, -0.2) is 0 Å². The molecule has 0 spiro atoms. The van der Waals surface area contributed by atoms with E-state index in [1.165, 1.54) is 11.1 Å². The van der Waals surface area contributed by atoms with Crippen LogP contribution < -0.4 is 90.1 Å². The largest absolute Gasteiger partial charge is 1.00 e. The van der Waals surface area contributed by atoms with E-state index in [0.717, 1.165) is 38.5 Å². The molecular weight excluding hydrogens is 724 g/mol. The van der Waals surface area contributed by atoms with Crippen LogP contribution in [0.5, 0.6) is 0 Å². The van der Waals surface area contributed by atoms with E-state index in [1.54, 1.807) is 0 Å². The second kappa shape index (κ2) is 32.0. The molecule has 2 amide bonds. The molecule has 12 nitrogen and oxygen atoms in total. The Morgan fingerprint density at radius 2 is 0.904 bits per heavy atom. The van der Waals surface area contributed by atoms with Crippen LogP contribution in [0.1, 0.15) is 77.3 Å². The van der Waals surface area contributed by atoms with Crippen molar-refractivity contribution in [3.05, 3.63) is 71.8 Å². The van der Waals surface area contributed by atoms with Crippen molar-refractivity contribution in [2.75, 3.05) is 25.4 Å². The summed E-state index contributed by atoms with van der Waals surface area (Å²) in [4.78, 5) is 45.0. The van der Waals surface area contributed by atoms with Gasteiger partial charge in [-0.1, -0.05) is 88.4 Å². The Bertz CT molecular complexity index is 1240. The van der Waals surface area contributed by atoms with Gasteiger partial charge in [-0.2, -0.15) is 0 Å². The quantitative estimate of drug-likeness (QED) is 0.0477. The number of hydrogen-bond acceptors (Lipinski definition) is 8. The summed E-state index contributed by atoms with van der Waals surface area (Å²) in [5.74, 6) is -3.14. The molecule has 4 atom stereocenters. The molecule has 0 saturated carbocycles. The zero-order valence-corrected chi connectivity index (χ0v) is 37.8. The molecule has 2 aromatic rings. The minimum absolute atomic E-state index is 0. The molecule has 0 aromatic heterocycles. The Morgan fingerprint density at radius 3 is 1.19 bits per heavy atom. The van der Waals surface area contributed by atoms with Crippen LogP contribution in [0.4, 0.5) is 0 Å². The Labute approximate surface area is 355 Å². The topological polar surface area (TPSA) is 197 Å². The van der Waals surface area contributed by atoms with Crippen LogP contribution in [-0.2, 0) is 41.1 Å². The van der Waals surface area contributed by atoms with Crippen LogP contribution in [0.2, 0.25) is 0 Å². The summed E-state index contributed by atoms with van der Waals surface area (Å²) in [6.45, 7) is 7.48. The van der Waals surface area contributed by atoms with Gasteiger partial charge in [0, 0.05) is 50.2 Å². The SMILES string of the molecule is CC(C)[C@H](N[PH](=O)CCCCc1ccccc1)C(=O)NCCC(=O)[O-].CC(C)[C@H](N[PH](=O)CCCCc1ccccc1)C(=O)NCCC(=O)[O-].[Na+].[Na+]. The zero-order chi connectivity index (χ0) is 37.3. The Hall–Kier alpha value is -1.30. The molecule has 0 aliphatic carbocycles. The van der Waals surface area contributed by atoms with Crippen LogP contribution >= 0.6 is 15.9 Å². The number of amides is 2. The fourth-order valence-corrected chi connectivity index (χ4v) is 7.93. The number of carboxylic acid groups (broad SMARTS) is 2. The molecule has 0 aliphatic rings. The van der Waals surface area contributed by atoms with Gasteiger partial charge in [-0.05, 0) is 61.5 Å². The number of rotatable bonds is 24. The summed E-state index contributed by atoms with van der Waals surface area (Å²) in [5.41, 5.74) is 2.53. The molecule has 2 rings (SSSR count). The molecule has 2 aromatic carbocycles. The average molecular weight is 781 g/mol. The molecule has 0 radical (unpaired) electrons. The van der Waals surface area contributed by atoms with E-state index in [4.69, 9.17) is 0 Å². The van der Waals surface area contributed by atoms with Gasteiger partial charge < -0.3 is 39.6 Å². The van der Waals surface area contributed by atoms with Crippen molar-refractivity contribution in [1.29, 1.82) is 0 Å². The molecule has 0 saturated heterocycles. The molecule has 0 fully saturated rings. The Kier molecular flexibility index (Phi) is 32.5. The zero-order valence-electron chi connectivity index (χ0n) is 31.8. The smallest absolute Gasteiger partial charge is 0.550 e. The standard InChI is InChI=1S/2C18H29N2O4P.2Na/c2*1-14(2)17(18(23)19-12-11-16(21)22)20-25(24)13-7-6-10-15-8-4-3-5-9-15;;/h2*3-5,8-9,14,17,25H,6-7,10-13H2,1-2H3,(H,19,23)(H,20,24)(H,21,22);;/q;;2*+1/p-2/t2*17-;;/m00../s1. The first-order valence-electron chi connectivity index (χ1n) is 17.4. The second-order valence-electron chi connectivity index (χ2n) is 12.8. The molecule has 0 bridgehead atoms. The number of unbranched alkanes of at least 4 members (excludes halogenated alkanes) is 2. The summed E-state index contributed by atoms with van der Waals surface area (Å²) in [6.07, 6.45) is 6.10. The molecule has 52 heavy (non-hydrogen) atoms. The summed E-state index contributed by atoms with van der Waals surface area (Å²) in [5, 5.41) is 31.7. The van der Waals surface area contributed by atoms with Crippen LogP contribution in [0, 0.1) is 11.8 Å². The number of aliphatic carboxylic acids is 2. The first kappa shape index (κ1) is 52.8. The maximum atomic E-state index is 12.2. The van der Waals surface area contributed by atoms with Gasteiger partial charge in [0.1, 0.15) is 15.9 Å². The van der Waals surface area contributed by atoms with E-state index >= 15 is 0 Å². The third-order valence-corrected chi connectivity index (χ3v) is 10.6. The average Bonchev–Trinajstić information content (AvgIpc) is 3.07. The number of carboxylic acids is 2. The van der Waals surface area contributed by atoms with Gasteiger partial charge in [0.25, 0.3) is 0 Å².